The van der Waals surface area contributed by atoms with Crippen molar-refractivity contribution < 1.29 is 0 Å². The van der Waals surface area contributed by atoms with Gasteiger partial charge in [-0.3, -0.25) is 0 Å². The molecule has 0 radical (unpaired) electrons. The van der Waals surface area contributed by atoms with Crippen molar-refractivity contribution in [2.45, 2.75) is 13.3 Å². The standard InChI is InChI=1S/C19H22N2/c1-4-20(2)17-11-9-15(10-12-17)13-16-14-21(3)19-8-6-5-7-18(16)19/h5-12,14H,4,13H2,1-3H3. The highest BCUT2D eigenvalue weighted by molar-refractivity contribution is 5.84. The van der Waals surface area contributed by atoms with E-state index in [0.29, 0.717) is 0 Å². The molecule has 21 heavy (non-hydrogen) atoms. The quantitative estimate of drug-likeness (QED) is 0.693. The Morgan fingerprint density at radius 3 is 2.43 bits per heavy atom. The van der Waals surface area contributed by atoms with Crippen molar-refractivity contribution in [2.75, 3.05) is 18.5 Å². The molecule has 0 spiro atoms. The summed E-state index contributed by atoms with van der Waals surface area (Å²) in [6.45, 7) is 3.20. The van der Waals surface area contributed by atoms with Gasteiger partial charge in [0.05, 0.1) is 0 Å². The fourth-order valence-corrected chi connectivity index (χ4v) is 2.84. The number of hydrogen-bond acceptors (Lipinski definition) is 1. The van der Waals surface area contributed by atoms with Crippen LogP contribution in [0, 0.1) is 0 Å². The smallest absolute Gasteiger partial charge is 0.0480 e. The van der Waals surface area contributed by atoms with Crippen molar-refractivity contribution in [3.63, 3.8) is 0 Å². The third kappa shape index (κ3) is 2.66. The number of aromatic nitrogens is 1. The van der Waals surface area contributed by atoms with Gasteiger partial charge in [-0.1, -0.05) is 30.3 Å². The third-order valence-electron chi connectivity index (χ3n) is 4.23. The first kappa shape index (κ1) is 13.7. The Balaban J connectivity index is 1.88. The minimum atomic E-state index is 0.984. The van der Waals surface area contributed by atoms with Gasteiger partial charge in [-0.25, -0.2) is 0 Å². The molecule has 1 aromatic heterocycles. The van der Waals surface area contributed by atoms with Gasteiger partial charge in [0.2, 0.25) is 0 Å². The summed E-state index contributed by atoms with van der Waals surface area (Å²) in [5.41, 5.74) is 5.33. The summed E-state index contributed by atoms with van der Waals surface area (Å²) in [6.07, 6.45) is 3.23. The van der Waals surface area contributed by atoms with Crippen molar-refractivity contribution >= 4 is 16.6 Å². The van der Waals surface area contributed by atoms with Gasteiger partial charge in [0, 0.05) is 43.4 Å². The van der Waals surface area contributed by atoms with Crippen LogP contribution >= 0.6 is 0 Å². The molecule has 0 aliphatic rings. The number of rotatable bonds is 4. The van der Waals surface area contributed by atoms with Crippen LogP contribution < -0.4 is 4.90 Å². The van der Waals surface area contributed by atoms with Crippen molar-refractivity contribution in [3.8, 4) is 0 Å². The molecule has 0 aliphatic heterocycles. The molecule has 0 N–H and O–H groups in total. The molecule has 0 amide bonds. The molecular formula is C19H22N2. The second kappa shape index (κ2) is 5.65. The Labute approximate surface area is 126 Å². The largest absolute Gasteiger partial charge is 0.375 e. The lowest BCUT2D eigenvalue weighted by Crippen LogP contribution is -2.15. The second-order valence-corrected chi connectivity index (χ2v) is 5.64. The van der Waals surface area contributed by atoms with Crippen LogP contribution in [0.1, 0.15) is 18.1 Å². The van der Waals surface area contributed by atoms with E-state index in [1.165, 1.54) is 27.7 Å². The van der Waals surface area contributed by atoms with Gasteiger partial charge < -0.3 is 9.47 Å². The number of fused-ring (bicyclic) bond motifs is 1. The van der Waals surface area contributed by atoms with E-state index in [0.717, 1.165) is 13.0 Å². The van der Waals surface area contributed by atoms with Gasteiger partial charge in [0.15, 0.2) is 0 Å². The molecule has 0 bridgehead atoms. The maximum atomic E-state index is 2.25. The number of nitrogens with zero attached hydrogens (tertiary/aromatic N) is 2. The molecule has 2 aromatic carbocycles. The predicted octanol–water partition coefficient (Wildman–Crippen LogP) is 4.23. The monoisotopic (exact) mass is 278 g/mol. The summed E-state index contributed by atoms with van der Waals surface area (Å²) in [6, 6.07) is 17.5. The Kier molecular flexibility index (Phi) is 3.70. The minimum absolute atomic E-state index is 0.984. The fourth-order valence-electron chi connectivity index (χ4n) is 2.84. The summed E-state index contributed by atoms with van der Waals surface area (Å²) in [5.74, 6) is 0. The number of para-hydroxylation sites is 1. The molecule has 108 valence electrons. The summed E-state index contributed by atoms with van der Waals surface area (Å²) < 4.78 is 2.21. The average molecular weight is 278 g/mol. The van der Waals surface area contributed by atoms with Gasteiger partial charge in [0.25, 0.3) is 0 Å². The normalized spacial score (nSPS) is 11.0. The predicted molar refractivity (Wildman–Crippen MR) is 91.1 cm³/mol. The van der Waals surface area contributed by atoms with Crippen molar-refractivity contribution in [1.29, 1.82) is 0 Å². The van der Waals surface area contributed by atoms with Crippen LogP contribution in [0.15, 0.2) is 54.7 Å². The summed E-state index contributed by atoms with van der Waals surface area (Å²) in [4.78, 5) is 2.25. The van der Waals surface area contributed by atoms with Crippen LogP contribution in [-0.4, -0.2) is 18.2 Å². The van der Waals surface area contributed by atoms with Gasteiger partial charge in [0.1, 0.15) is 0 Å². The van der Waals surface area contributed by atoms with E-state index >= 15 is 0 Å². The van der Waals surface area contributed by atoms with E-state index in [4.69, 9.17) is 0 Å². The van der Waals surface area contributed by atoms with Gasteiger partial charge >= 0.3 is 0 Å². The molecule has 2 heteroatoms. The number of benzene rings is 2. The molecule has 2 nitrogen and oxygen atoms in total. The lowest BCUT2D eigenvalue weighted by Gasteiger charge is -2.16. The molecule has 0 unspecified atom stereocenters. The Morgan fingerprint density at radius 1 is 1.00 bits per heavy atom. The van der Waals surface area contributed by atoms with Gasteiger partial charge in [-0.15, -0.1) is 0 Å². The highest BCUT2D eigenvalue weighted by Crippen LogP contribution is 2.23. The first-order valence-electron chi connectivity index (χ1n) is 7.52. The molecule has 3 aromatic rings. The SMILES string of the molecule is CCN(C)c1ccc(Cc2cn(C)c3ccccc23)cc1. The van der Waals surface area contributed by atoms with Crippen molar-refractivity contribution in [3.05, 3.63) is 65.9 Å². The zero-order valence-electron chi connectivity index (χ0n) is 13.0. The molecule has 3 rings (SSSR count). The van der Waals surface area contributed by atoms with Crippen LogP contribution in [0.25, 0.3) is 10.9 Å². The van der Waals surface area contributed by atoms with Crippen LogP contribution in [0.3, 0.4) is 0 Å². The van der Waals surface area contributed by atoms with Crippen molar-refractivity contribution in [2.24, 2.45) is 7.05 Å². The second-order valence-electron chi connectivity index (χ2n) is 5.64. The van der Waals surface area contributed by atoms with Crippen molar-refractivity contribution in [1.82, 2.24) is 4.57 Å². The Bertz CT molecular complexity index is 738. The average Bonchev–Trinajstić information content (AvgIpc) is 2.84. The topological polar surface area (TPSA) is 8.17 Å². The molecule has 0 saturated carbocycles. The summed E-state index contributed by atoms with van der Waals surface area (Å²) in [5, 5.41) is 1.36. The van der Waals surface area contributed by atoms with E-state index in [2.05, 4.69) is 85.2 Å². The first-order chi connectivity index (χ1) is 10.2. The third-order valence-corrected chi connectivity index (χ3v) is 4.23. The van der Waals surface area contributed by atoms with Crippen LogP contribution in [0.2, 0.25) is 0 Å². The van der Waals surface area contributed by atoms with E-state index in [9.17, 15) is 0 Å². The summed E-state index contributed by atoms with van der Waals surface area (Å²) >= 11 is 0. The lowest BCUT2D eigenvalue weighted by molar-refractivity contribution is 0.956. The van der Waals surface area contributed by atoms with Crippen LogP contribution in [0.5, 0.6) is 0 Å². The van der Waals surface area contributed by atoms with E-state index < -0.39 is 0 Å². The van der Waals surface area contributed by atoms with Crippen LogP contribution in [0.4, 0.5) is 5.69 Å². The maximum absolute atomic E-state index is 2.25. The molecule has 1 heterocycles. The Hall–Kier alpha value is -2.22. The van der Waals surface area contributed by atoms with E-state index in [1.807, 2.05) is 0 Å². The lowest BCUT2D eigenvalue weighted by atomic mass is 10.0. The zero-order valence-corrected chi connectivity index (χ0v) is 13.0. The van der Waals surface area contributed by atoms with Crippen LogP contribution in [-0.2, 0) is 13.5 Å². The fraction of sp³-hybridized carbons (Fsp3) is 0.263. The summed E-state index contributed by atoms with van der Waals surface area (Å²) in [7, 11) is 4.24. The van der Waals surface area contributed by atoms with E-state index in [1.54, 1.807) is 0 Å². The Morgan fingerprint density at radius 2 is 1.71 bits per heavy atom. The maximum Gasteiger partial charge on any atom is 0.0480 e. The number of anilines is 1. The van der Waals surface area contributed by atoms with Gasteiger partial charge in [-0.2, -0.15) is 0 Å². The number of aryl methyl sites for hydroxylation is 1. The molecule has 0 atom stereocenters. The number of hydrogen-bond donors (Lipinski definition) is 0. The molecule has 0 aliphatic carbocycles. The van der Waals surface area contributed by atoms with Gasteiger partial charge in [-0.05, 0) is 42.7 Å². The molecule has 0 fully saturated rings. The minimum Gasteiger partial charge on any atom is -0.375 e. The highest BCUT2D eigenvalue weighted by Gasteiger charge is 2.07. The zero-order chi connectivity index (χ0) is 14.8. The van der Waals surface area contributed by atoms with E-state index in [-0.39, 0.29) is 0 Å². The molecule has 0 saturated heterocycles. The molecular weight excluding hydrogens is 256 g/mol. The highest BCUT2D eigenvalue weighted by atomic mass is 15.1. The first-order valence-corrected chi connectivity index (χ1v) is 7.52.